The quantitative estimate of drug-likeness (QED) is 0.768. The third-order valence-corrected chi connectivity index (χ3v) is 5.59. The van der Waals surface area contributed by atoms with Crippen LogP contribution >= 0.6 is 0 Å². The van der Waals surface area contributed by atoms with Crippen LogP contribution in [0.3, 0.4) is 0 Å². The minimum absolute atomic E-state index is 0.104. The molecule has 5 nitrogen and oxygen atoms in total. The highest BCUT2D eigenvalue weighted by Gasteiger charge is 2.21. The fourth-order valence-corrected chi connectivity index (χ4v) is 4.21. The Labute approximate surface area is 159 Å². The zero-order chi connectivity index (χ0) is 19.0. The Kier molecular flexibility index (Phi) is 4.68. The molecule has 0 saturated carbocycles. The number of fused-ring (bicyclic) bond motifs is 2. The normalized spacial score (nSPS) is 16.3. The van der Waals surface area contributed by atoms with Gasteiger partial charge in [0, 0.05) is 23.9 Å². The Morgan fingerprint density at radius 1 is 1.26 bits per heavy atom. The Balaban J connectivity index is 1.47. The number of carbonyl (C=O) groups excluding carboxylic acids is 1. The second-order valence-electron chi connectivity index (χ2n) is 7.53. The molecule has 1 N–H and O–H groups in total. The Hall–Kier alpha value is -2.69. The standard InChI is InChI=1S/C22H26N4O/c1-14-13-21-23-15(2)18(16(3)26(21)25-14)11-12-22(27)24-20-10-6-8-17-7-4-5-9-19(17)20/h4-5,7,9,13,20H,6,8,10-12H2,1-3H3,(H,24,27). The van der Waals surface area contributed by atoms with Crippen molar-refractivity contribution in [3.63, 3.8) is 0 Å². The highest BCUT2D eigenvalue weighted by Crippen LogP contribution is 2.29. The molecule has 140 valence electrons. The molecular formula is C22H26N4O. The highest BCUT2D eigenvalue weighted by molar-refractivity contribution is 5.77. The molecule has 1 aliphatic rings. The van der Waals surface area contributed by atoms with Crippen LogP contribution in [0, 0.1) is 20.8 Å². The minimum Gasteiger partial charge on any atom is -0.349 e. The predicted molar refractivity (Wildman–Crippen MR) is 106 cm³/mol. The van der Waals surface area contributed by atoms with Crippen LogP contribution in [-0.2, 0) is 17.6 Å². The number of nitrogens with one attached hydrogen (secondary N) is 1. The van der Waals surface area contributed by atoms with Gasteiger partial charge in [0.25, 0.3) is 0 Å². The summed E-state index contributed by atoms with van der Waals surface area (Å²) in [4.78, 5) is 17.3. The van der Waals surface area contributed by atoms with Gasteiger partial charge in [-0.15, -0.1) is 0 Å². The number of benzene rings is 1. The Morgan fingerprint density at radius 2 is 2.07 bits per heavy atom. The minimum atomic E-state index is 0.104. The molecule has 1 amide bonds. The first kappa shape index (κ1) is 17.7. The van der Waals surface area contributed by atoms with Gasteiger partial charge in [0.05, 0.1) is 11.7 Å². The maximum atomic E-state index is 12.6. The van der Waals surface area contributed by atoms with Crippen LogP contribution in [0.2, 0.25) is 0 Å². The van der Waals surface area contributed by atoms with Gasteiger partial charge in [-0.3, -0.25) is 4.79 Å². The number of hydrogen-bond acceptors (Lipinski definition) is 3. The Morgan fingerprint density at radius 3 is 2.93 bits per heavy atom. The molecule has 1 aromatic carbocycles. The van der Waals surface area contributed by atoms with Crippen LogP contribution < -0.4 is 5.32 Å². The Bertz CT molecular complexity index is 1000. The molecule has 2 aromatic heterocycles. The summed E-state index contributed by atoms with van der Waals surface area (Å²) < 4.78 is 1.88. The topological polar surface area (TPSA) is 59.3 Å². The number of hydrogen-bond donors (Lipinski definition) is 1. The molecule has 0 radical (unpaired) electrons. The summed E-state index contributed by atoms with van der Waals surface area (Å²) in [5.41, 5.74) is 7.64. The lowest BCUT2D eigenvalue weighted by Crippen LogP contribution is -2.31. The van der Waals surface area contributed by atoms with Gasteiger partial charge >= 0.3 is 0 Å². The lowest BCUT2D eigenvalue weighted by atomic mass is 9.87. The summed E-state index contributed by atoms with van der Waals surface area (Å²) in [6, 6.07) is 10.6. The molecule has 0 fully saturated rings. The van der Waals surface area contributed by atoms with Gasteiger partial charge in [-0.2, -0.15) is 5.10 Å². The number of aromatic nitrogens is 3. The number of aryl methyl sites for hydroxylation is 4. The summed E-state index contributed by atoms with van der Waals surface area (Å²) in [5.74, 6) is 0.104. The molecular weight excluding hydrogens is 336 g/mol. The first-order valence-corrected chi connectivity index (χ1v) is 9.72. The van der Waals surface area contributed by atoms with E-state index in [9.17, 15) is 4.79 Å². The van der Waals surface area contributed by atoms with E-state index in [1.165, 1.54) is 11.1 Å². The van der Waals surface area contributed by atoms with Crippen LogP contribution in [0.4, 0.5) is 0 Å². The SMILES string of the molecule is Cc1cc2nc(C)c(CCC(=O)NC3CCCc4ccccc43)c(C)n2n1. The monoisotopic (exact) mass is 362 g/mol. The molecule has 0 bridgehead atoms. The zero-order valence-electron chi connectivity index (χ0n) is 16.2. The smallest absolute Gasteiger partial charge is 0.220 e. The van der Waals surface area contributed by atoms with E-state index in [-0.39, 0.29) is 11.9 Å². The van der Waals surface area contributed by atoms with Crippen molar-refractivity contribution in [1.82, 2.24) is 19.9 Å². The van der Waals surface area contributed by atoms with E-state index in [2.05, 4.69) is 46.6 Å². The molecule has 2 heterocycles. The fraction of sp³-hybridized carbons (Fsp3) is 0.409. The molecule has 27 heavy (non-hydrogen) atoms. The van der Waals surface area contributed by atoms with E-state index < -0.39 is 0 Å². The molecule has 0 saturated heterocycles. The van der Waals surface area contributed by atoms with Crippen LogP contribution in [0.5, 0.6) is 0 Å². The first-order valence-electron chi connectivity index (χ1n) is 9.72. The lowest BCUT2D eigenvalue weighted by Gasteiger charge is -2.26. The van der Waals surface area contributed by atoms with Crippen LogP contribution in [-0.4, -0.2) is 20.5 Å². The van der Waals surface area contributed by atoms with Crippen molar-refractivity contribution in [3.05, 3.63) is 64.1 Å². The molecule has 0 spiro atoms. The van der Waals surface area contributed by atoms with Crippen molar-refractivity contribution in [2.75, 3.05) is 0 Å². The van der Waals surface area contributed by atoms with Gasteiger partial charge < -0.3 is 5.32 Å². The number of rotatable bonds is 4. The molecule has 1 unspecified atom stereocenters. The van der Waals surface area contributed by atoms with Crippen molar-refractivity contribution in [2.45, 2.75) is 58.9 Å². The molecule has 0 aliphatic heterocycles. The van der Waals surface area contributed by atoms with Crippen molar-refractivity contribution >= 4 is 11.6 Å². The van der Waals surface area contributed by atoms with Crippen molar-refractivity contribution in [1.29, 1.82) is 0 Å². The van der Waals surface area contributed by atoms with Gasteiger partial charge in [-0.05, 0) is 63.1 Å². The average Bonchev–Trinajstić information content (AvgIpc) is 3.02. The highest BCUT2D eigenvalue weighted by atomic mass is 16.1. The van der Waals surface area contributed by atoms with Crippen LogP contribution in [0.15, 0.2) is 30.3 Å². The molecule has 5 heteroatoms. The maximum absolute atomic E-state index is 12.6. The summed E-state index contributed by atoms with van der Waals surface area (Å²) >= 11 is 0. The molecule has 3 aromatic rings. The van der Waals surface area contributed by atoms with Crippen LogP contribution in [0.1, 0.15) is 59.1 Å². The summed E-state index contributed by atoms with van der Waals surface area (Å²) in [5, 5.41) is 7.76. The van der Waals surface area contributed by atoms with Crippen molar-refractivity contribution < 1.29 is 4.79 Å². The second-order valence-corrected chi connectivity index (χ2v) is 7.53. The molecule has 1 atom stereocenters. The number of amides is 1. The van der Waals surface area contributed by atoms with Gasteiger partial charge in [-0.1, -0.05) is 24.3 Å². The van der Waals surface area contributed by atoms with Crippen molar-refractivity contribution in [2.24, 2.45) is 0 Å². The van der Waals surface area contributed by atoms with Crippen molar-refractivity contribution in [3.8, 4) is 0 Å². The number of nitrogens with zero attached hydrogens (tertiary/aromatic N) is 3. The van der Waals surface area contributed by atoms with E-state index >= 15 is 0 Å². The average molecular weight is 362 g/mol. The second kappa shape index (κ2) is 7.14. The summed E-state index contributed by atoms with van der Waals surface area (Å²) in [7, 11) is 0. The largest absolute Gasteiger partial charge is 0.349 e. The third-order valence-electron chi connectivity index (χ3n) is 5.59. The van der Waals surface area contributed by atoms with E-state index in [1.807, 2.05) is 24.4 Å². The molecule has 1 aliphatic carbocycles. The van der Waals surface area contributed by atoms with Crippen LogP contribution in [0.25, 0.3) is 5.65 Å². The maximum Gasteiger partial charge on any atom is 0.220 e. The number of carbonyl (C=O) groups is 1. The van der Waals surface area contributed by atoms with Gasteiger partial charge in [0.2, 0.25) is 5.91 Å². The van der Waals surface area contributed by atoms with Gasteiger partial charge in [-0.25, -0.2) is 9.50 Å². The summed E-state index contributed by atoms with van der Waals surface area (Å²) in [6.45, 7) is 6.04. The first-order chi connectivity index (χ1) is 13.0. The van der Waals surface area contributed by atoms with E-state index in [0.717, 1.165) is 47.6 Å². The third kappa shape index (κ3) is 3.46. The lowest BCUT2D eigenvalue weighted by molar-refractivity contribution is -0.121. The van der Waals surface area contributed by atoms with Gasteiger partial charge in [0.15, 0.2) is 5.65 Å². The summed E-state index contributed by atoms with van der Waals surface area (Å²) in [6.07, 6.45) is 4.39. The zero-order valence-corrected chi connectivity index (χ0v) is 16.2. The van der Waals surface area contributed by atoms with E-state index in [1.54, 1.807) is 0 Å². The van der Waals surface area contributed by atoms with E-state index in [0.29, 0.717) is 12.8 Å². The predicted octanol–water partition coefficient (Wildman–Crippen LogP) is 3.78. The van der Waals surface area contributed by atoms with E-state index in [4.69, 9.17) is 0 Å². The van der Waals surface area contributed by atoms with Gasteiger partial charge in [0.1, 0.15) is 0 Å². The fourth-order valence-electron chi connectivity index (χ4n) is 4.21. The molecule has 4 rings (SSSR count).